The molecule has 0 saturated heterocycles. The third-order valence-electron chi connectivity index (χ3n) is 1.39. The summed E-state index contributed by atoms with van der Waals surface area (Å²) in [5.41, 5.74) is 0. The van der Waals surface area contributed by atoms with Crippen molar-refractivity contribution in [3.63, 3.8) is 0 Å². The van der Waals surface area contributed by atoms with Crippen LogP contribution in [0.2, 0.25) is 0 Å². The highest BCUT2D eigenvalue weighted by Crippen LogP contribution is 2.34. The first-order chi connectivity index (χ1) is 5.18. The monoisotopic (exact) mass is 190 g/mol. The smallest absolute Gasteiger partial charge is 0.201 e. The third kappa shape index (κ3) is 0.973. The maximum Gasteiger partial charge on any atom is 0.214 e. The van der Waals surface area contributed by atoms with Gasteiger partial charge in [0.25, 0.3) is 0 Å². The first-order valence-electron chi connectivity index (χ1n) is 3.02. The number of rotatable bonds is 0. The van der Waals surface area contributed by atoms with Crippen molar-refractivity contribution in [1.82, 2.24) is 0 Å². The first-order valence-corrected chi connectivity index (χ1v) is 4.65. The fourth-order valence-corrected chi connectivity index (χ4v) is 2.98. The van der Waals surface area contributed by atoms with E-state index >= 15 is 0 Å². The SMILES string of the molecule is Cc1cc2sc(F)c(F)c2s1. The molecule has 2 aromatic heterocycles. The van der Waals surface area contributed by atoms with Crippen LogP contribution < -0.4 is 0 Å². The minimum atomic E-state index is -0.703. The molecule has 0 amide bonds. The number of fused-ring (bicyclic) bond motifs is 1. The molecule has 2 heterocycles. The lowest BCUT2D eigenvalue weighted by atomic mass is 10.5. The highest BCUT2D eigenvalue weighted by molar-refractivity contribution is 7.27. The van der Waals surface area contributed by atoms with Crippen LogP contribution in [0.15, 0.2) is 6.07 Å². The van der Waals surface area contributed by atoms with Crippen LogP contribution in [-0.4, -0.2) is 0 Å². The van der Waals surface area contributed by atoms with Gasteiger partial charge in [0.2, 0.25) is 5.13 Å². The second-order valence-corrected chi connectivity index (χ2v) is 4.50. The molecule has 0 aliphatic carbocycles. The highest BCUT2D eigenvalue weighted by atomic mass is 32.1. The highest BCUT2D eigenvalue weighted by Gasteiger charge is 2.13. The Morgan fingerprint density at radius 1 is 1.27 bits per heavy atom. The molecule has 0 bridgehead atoms. The van der Waals surface area contributed by atoms with Gasteiger partial charge in [0.1, 0.15) is 0 Å². The lowest BCUT2D eigenvalue weighted by Crippen LogP contribution is -1.67. The molecule has 0 nitrogen and oxygen atoms in total. The summed E-state index contributed by atoms with van der Waals surface area (Å²) >= 11 is 2.16. The largest absolute Gasteiger partial charge is 0.214 e. The Morgan fingerprint density at radius 3 is 2.64 bits per heavy atom. The van der Waals surface area contributed by atoms with Crippen molar-refractivity contribution in [3.05, 3.63) is 21.9 Å². The van der Waals surface area contributed by atoms with E-state index < -0.39 is 10.9 Å². The number of hydrogen-bond donors (Lipinski definition) is 0. The van der Waals surface area contributed by atoms with Crippen LogP contribution in [-0.2, 0) is 0 Å². The molecule has 2 rings (SSSR count). The summed E-state index contributed by atoms with van der Waals surface area (Å²) in [7, 11) is 0. The average Bonchev–Trinajstić information content (AvgIpc) is 2.37. The molecule has 0 aromatic carbocycles. The summed E-state index contributed by atoms with van der Waals surface area (Å²) in [6.45, 7) is 1.88. The van der Waals surface area contributed by atoms with E-state index in [-0.39, 0.29) is 0 Å². The molecule has 0 fully saturated rings. The number of halogens is 2. The van der Waals surface area contributed by atoms with Crippen LogP contribution in [0, 0.1) is 17.9 Å². The van der Waals surface area contributed by atoms with Crippen molar-refractivity contribution in [2.24, 2.45) is 0 Å². The lowest BCUT2D eigenvalue weighted by molar-refractivity contribution is 0.539. The van der Waals surface area contributed by atoms with E-state index in [4.69, 9.17) is 0 Å². The van der Waals surface area contributed by atoms with Crippen LogP contribution in [0.25, 0.3) is 9.40 Å². The minimum Gasteiger partial charge on any atom is -0.201 e. The van der Waals surface area contributed by atoms with Gasteiger partial charge in [0, 0.05) is 4.88 Å². The summed E-state index contributed by atoms with van der Waals surface area (Å²) in [5.74, 6) is -0.692. The molecule has 11 heavy (non-hydrogen) atoms. The maximum atomic E-state index is 12.8. The number of aryl methyl sites for hydroxylation is 1. The zero-order chi connectivity index (χ0) is 8.01. The van der Waals surface area contributed by atoms with E-state index in [2.05, 4.69) is 0 Å². The Kier molecular flexibility index (Phi) is 1.47. The number of hydrogen-bond acceptors (Lipinski definition) is 2. The maximum absolute atomic E-state index is 12.8. The summed E-state index contributed by atoms with van der Waals surface area (Å²) in [4.78, 5) is 1.02. The normalized spacial score (nSPS) is 11.2. The Bertz CT molecular complexity index is 400. The van der Waals surface area contributed by atoms with E-state index in [1.807, 2.05) is 6.92 Å². The summed E-state index contributed by atoms with van der Waals surface area (Å²) < 4.78 is 26.5. The molecule has 0 spiro atoms. The molecule has 0 atom stereocenters. The van der Waals surface area contributed by atoms with E-state index in [0.29, 0.717) is 9.40 Å². The fraction of sp³-hybridized carbons (Fsp3) is 0.143. The van der Waals surface area contributed by atoms with Crippen LogP contribution in [0.4, 0.5) is 8.78 Å². The van der Waals surface area contributed by atoms with Crippen molar-refractivity contribution >= 4 is 32.1 Å². The topological polar surface area (TPSA) is 0 Å². The molecule has 0 aliphatic rings. The number of thiophene rings is 2. The minimum absolute atomic E-state index is 0.449. The van der Waals surface area contributed by atoms with Crippen molar-refractivity contribution < 1.29 is 8.78 Å². The van der Waals surface area contributed by atoms with Crippen molar-refractivity contribution in [3.8, 4) is 0 Å². The Balaban J connectivity index is 2.88. The van der Waals surface area contributed by atoms with Gasteiger partial charge in [-0.25, -0.2) is 4.39 Å². The molecule has 58 valence electrons. The van der Waals surface area contributed by atoms with Gasteiger partial charge in [-0.3, -0.25) is 0 Å². The molecule has 0 N–H and O–H groups in total. The van der Waals surface area contributed by atoms with Gasteiger partial charge in [-0.1, -0.05) is 0 Å². The van der Waals surface area contributed by atoms with Gasteiger partial charge in [0.15, 0.2) is 5.82 Å². The first kappa shape index (κ1) is 7.18. The zero-order valence-electron chi connectivity index (χ0n) is 5.65. The molecule has 4 heteroatoms. The van der Waals surface area contributed by atoms with Crippen LogP contribution >= 0.6 is 22.7 Å². The van der Waals surface area contributed by atoms with Gasteiger partial charge in [-0.2, -0.15) is 4.39 Å². The Labute approximate surface area is 70.1 Å². The average molecular weight is 190 g/mol. The molecular formula is C7H4F2S2. The van der Waals surface area contributed by atoms with Crippen LogP contribution in [0.3, 0.4) is 0 Å². The van der Waals surface area contributed by atoms with Gasteiger partial charge >= 0.3 is 0 Å². The third-order valence-corrected chi connectivity index (χ3v) is 3.47. The predicted octanol–water partition coefficient (Wildman–Crippen LogP) is 3.55. The van der Waals surface area contributed by atoms with Gasteiger partial charge in [0.05, 0.1) is 9.40 Å². The zero-order valence-corrected chi connectivity index (χ0v) is 7.28. The van der Waals surface area contributed by atoms with E-state index in [1.165, 1.54) is 11.3 Å². The standard InChI is InChI=1S/C7H4F2S2/c1-3-2-4-6(10-3)5(8)7(9)11-4/h2H,1H3. The summed E-state index contributed by atoms with van der Waals surface area (Å²) in [6, 6.07) is 1.80. The summed E-state index contributed by atoms with van der Waals surface area (Å²) in [6.07, 6.45) is 0. The molecule has 0 saturated carbocycles. The van der Waals surface area contributed by atoms with Gasteiger partial charge in [-0.15, -0.1) is 22.7 Å². The molecule has 0 unspecified atom stereocenters. The van der Waals surface area contributed by atoms with E-state index in [9.17, 15) is 8.78 Å². The van der Waals surface area contributed by atoms with Gasteiger partial charge < -0.3 is 0 Å². The second kappa shape index (κ2) is 2.25. The Hall–Kier alpha value is -0.480. The van der Waals surface area contributed by atoms with Crippen molar-refractivity contribution in [2.45, 2.75) is 6.92 Å². The Morgan fingerprint density at radius 2 is 2.00 bits per heavy atom. The second-order valence-electron chi connectivity index (χ2n) is 2.24. The van der Waals surface area contributed by atoms with Crippen LogP contribution in [0.1, 0.15) is 4.88 Å². The molecule has 2 aromatic rings. The quantitative estimate of drug-likeness (QED) is 0.596. The summed E-state index contributed by atoms with van der Waals surface area (Å²) in [5, 5.41) is -0.703. The molecule has 0 aliphatic heterocycles. The lowest BCUT2D eigenvalue weighted by Gasteiger charge is -1.77. The van der Waals surface area contributed by atoms with Crippen molar-refractivity contribution in [1.29, 1.82) is 0 Å². The van der Waals surface area contributed by atoms with E-state index in [1.54, 1.807) is 6.07 Å². The van der Waals surface area contributed by atoms with Crippen molar-refractivity contribution in [2.75, 3.05) is 0 Å². The fourth-order valence-electron chi connectivity index (χ4n) is 0.950. The van der Waals surface area contributed by atoms with E-state index in [0.717, 1.165) is 16.2 Å². The van der Waals surface area contributed by atoms with Crippen LogP contribution in [0.5, 0.6) is 0 Å². The molecular weight excluding hydrogens is 186 g/mol. The predicted molar refractivity (Wildman–Crippen MR) is 44.4 cm³/mol. The molecule has 0 radical (unpaired) electrons. The van der Waals surface area contributed by atoms with Gasteiger partial charge in [-0.05, 0) is 13.0 Å².